The highest BCUT2D eigenvalue weighted by atomic mass is 79.9. The molecule has 0 atom stereocenters. The molecule has 0 saturated carbocycles. The van der Waals surface area contributed by atoms with Crippen LogP contribution in [-0.2, 0) is 4.79 Å². The fourth-order valence-corrected chi connectivity index (χ4v) is 3.24. The smallest absolute Gasteiger partial charge is 0.155 e. The average Bonchev–Trinajstić information content (AvgIpc) is 2.74. The first kappa shape index (κ1) is 26.0. The van der Waals surface area contributed by atoms with Crippen LogP contribution in [-0.4, -0.2) is 18.5 Å². The van der Waals surface area contributed by atoms with Crippen molar-refractivity contribution in [3.05, 3.63) is 76.3 Å². The van der Waals surface area contributed by atoms with Crippen LogP contribution in [0.25, 0.3) is 5.57 Å². The quantitative estimate of drug-likeness (QED) is 0.116. The maximum Gasteiger partial charge on any atom is 0.155 e. The van der Waals surface area contributed by atoms with E-state index in [1.54, 1.807) is 6.08 Å². The van der Waals surface area contributed by atoms with Gasteiger partial charge in [0.15, 0.2) is 5.78 Å². The zero-order chi connectivity index (χ0) is 22.0. The Labute approximate surface area is 191 Å². The lowest BCUT2D eigenvalue weighted by Gasteiger charge is -2.00. The van der Waals surface area contributed by atoms with E-state index in [-0.39, 0.29) is 5.78 Å². The first-order valence-corrected chi connectivity index (χ1v) is 11.8. The number of unbranched alkanes of at least 4 members (excludes halogenated alkanes) is 2. The van der Waals surface area contributed by atoms with Crippen molar-refractivity contribution < 1.29 is 4.79 Å². The third-order valence-corrected chi connectivity index (χ3v) is 5.23. The molecule has 0 fully saturated rings. The summed E-state index contributed by atoms with van der Waals surface area (Å²) in [5.41, 5.74) is 3.71. The van der Waals surface area contributed by atoms with E-state index in [2.05, 4.69) is 72.1 Å². The minimum absolute atomic E-state index is 0.216. The van der Waals surface area contributed by atoms with Gasteiger partial charge in [0.05, 0.1) is 0 Å². The van der Waals surface area contributed by atoms with Crippen LogP contribution in [0.2, 0.25) is 0 Å². The number of carbonyl (C=O) groups excluding carboxylic acids is 1. The van der Waals surface area contributed by atoms with Crippen molar-refractivity contribution in [3.63, 3.8) is 0 Å². The van der Waals surface area contributed by atoms with Gasteiger partial charge in [0.1, 0.15) is 0 Å². The summed E-state index contributed by atoms with van der Waals surface area (Å²) in [6.45, 7) is 7.10. The molecule has 0 aliphatic rings. The molecular formula is C27H36BrNO. The van der Waals surface area contributed by atoms with E-state index in [1.165, 1.54) is 23.1 Å². The summed E-state index contributed by atoms with van der Waals surface area (Å²) in [6.07, 6.45) is 20.9. The molecular weight excluding hydrogens is 434 g/mol. The van der Waals surface area contributed by atoms with Crippen LogP contribution in [0.3, 0.4) is 0 Å². The van der Waals surface area contributed by atoms with Crippen LogP contribution >= 0.6 is 15.9 Å². The molecule has 0 radical (unpaired) electrons. The van der Waals surface area contributed by atoms with Crippen molar-refractivity contribution in [2.45, 2.75) is 65.7 Å². The fourth-order valence-electron chi connectivity index (χ4n) is 2.84. The maximum absolute atomic E-state index is 12.0. The lowest BCUT2D eigenvalue weighted by molar-refractivity contribution is -0.114. The molecule has 0 saturated heterocycles. The van der Waals surface area contributed by atoms with Gasteiger partial charge in [-0.1, -0.05) is 71.3 Å². The standard InChI is InChI=1S/C27H36BrNO/c1-4-6-7-13-24(5-2)14-8-9-17-27(30)18-10-11-20-29-21-19-23(3)25-15-12-16-26(28)22-25/h5,7,9,12-13,15-17,19,21-22H,4,6,8,10-11,14,18,20H2,1-3H3/b13-7?,17-9+,23-19?,24-5?,29-21?. The van der Waals surface area contributed by atoms with Gasteiger partial charge in [0.2, 0.25) is 0 Å². The molecule has 0 unspecified atom stereocenters. The highest BCUT2D eigenvalue weighted by Crippen LogP contribution is 2.18. The number of aliphatic imine (C=N–C) groups is 1. The second kappa shape index (κ2) is 16.8. The molecule has 1 rings (SSSR count). The van der Waals surface area contributed by atoms with Gasteiger partial charge >= 0.3 is 0 Å². The van der Waals surface area contributed by atoms with E-state index >= 15 is 0 Å². The van der Waals surface area contributed by atoms with Crippen molar-refractivity contribution in [2.24, 2.45) is 4.99 Å². The summed E-state index contributed by atoms with van der Waals surface area (Å²) >= 11 is 3.49. The average molecular weight is 470 g/mol. The molecule has 0 bridgehead atoms. The Kier molecular flexibility index (Phi) is 14.5. The predicted octanol–water partition coefficient (Wildman–Crippen LogP) is 8.30. The van der Waals surface area contributed by atoms with Gasteiger partial charge in [-0.2, -0.15) is 0 Å². The van der Waals surface area contributed by atoms with Crippen LogP contribution in [0.1, 0.15) is 71.3 Å². The molecule has 0 spiro atoms. The first-order valence-electron chi connectivity index (χ1n) is 11.0. The highest BCUT2D eigenvalue weighted by molar-refractivity contribution is 9.10. The minimum atomic E-state index is 0.216. The second-order valence-electron chi connectivity index (χ2n) is 7.33. The largest absolute Gasteiger partial charge is 0.295 e. The van der Waals surface area contributed by atoms with Crippen LogP contribution in [0.5, 0.6) is 0 Å². The Bertz CT molecular complexity index is 784. The highest BCUT2D eigenvalue weighted by Gasteiger charge is 1.97. The molecule has 2 nitrogen and oxygen atoms in total. The third kappa shape index (κ3) is 12.5. The monoisotopic (exact) mass is 469 g/mol. The first-order chi connectivity index (χ1) is 14.6. The number of allylic oxidation sites excluding steroid dienone is 8. The van der Waals surface area contributed by atoms with Crippen LogP contribution < -0.4 is 0 Å². The Morgan fingerprint density at radius 2 is 1.90 bits per heavy atom. The number of halogens is 1. The minimum Gasteiger partial charge on any atom is -0.295 e. The Morgan fingerprint density at radius 3 is 2.63 bits per heavy atom. The number of hydrogen-bond acceptors (Lipinski definition) is 2. The van der Waals surface area contributed by atoms with Crippen molar-refractivity contribution in [3.8, 4) is 0 Å². The molecule has 0 N–H and O–H groups in total. The summed E-state index contributed by atoms with van der Waals surface area (Å²) in [5.74, 6) is 0.216. The Morgan fingerprint density at radius 1 is 1.10 bits per heavy atom. The van der Waals surface area contributed by atoms with Crippen LogP contribution in [0.4, 0.5) is 0 Å². The van der Waals surface area contributed by atoms with E-state index in [0.29, 0.717) is 6.42 Å². The van der Waals surface area contributed by atoms with Crippen molar-refractivity contribution >= 4 is 33.5 Å². The van der Waals surface area contributed by atoms with Crippen molar-refractivity contribution in [1.29, 1.82) is 0 Å². The van der Waals surface area contributed by atoms with E-state index in [4.69, 9.17) is 0 Å². The van der Waals surface area contributed by atoms with Gasteiger partial charge in [-0.05, 0) is 81.4 Å². The number of rotatable bonds is 14. The molecule has 1 aromatic rings. The van der Waals surface area contributed by atoms with Gasteiger partial charge in [-0.25, -0.2) is 0 Å². The molecule has 0 aromatic heterocycles. The Balaban J connectivity index is 2.20. The number of nitrogens with zero attached hydrogens (tertiary/aromatic N) is 1. The Hall–Kier alpha value is -2.00. The number of ketones is 1. The second-order valence-corrected chi connectivity index (χ2v) is 8.25. The zero-order valence-electron chi connectivity index (χ0n) is 18.7. The van der Waals surface area contributed by atoms with Crippen molar-refractivity contribution in [1.82, 2.24) is 0 Å². The maximum atomic E-state index is 12.0. The summed E-state index contributed by atoms with van der Waals surface area (Å²) < 4.78 is 1.08. The number of carbonyl (C=O) groups is 1. The molecule has 0 aliphatic heterocycles. The van der Waals surface area contributed by atoms with Crippen LogP contribution in [0, 0.1) is 0 Å². The van der Waals surface area contributed by atoms with E-state index < -0.39 is 0 Å². The lowest BCUT2D eigenvalue weighted by Crippen LogP contribution is -1.93. The predicted molar refractivity (Wildman–Crippen MR) is 136 cm³/mol. The zero-order valence-corrected chi connectivity index (χ0v) is 20.3. The number of hydrogen-bond donors (Lipinski definition) is 0. The van der Waals surface area contributed by atoms with Gasteiger partial charge in [0, 0.05) is 23.7 Å². The summed E-state index contributed by atoms with van der Waals surface area (Å²) in [7, 11) is 0. The molecule has 1 aromatic carbocycles. The van der Waals surface area contributed by atoms with Gasteiger partial charge < -0.3 is 0 Å². The fraction of sp³-hybridized carbons (Fsp3) is 0.407. The SMILES string of the molecule is CC=C(C=CCCC)CC/C=C/C(=O)CCCCN=CC=C(C)c1cccc(Br)c1. The third-order valence-electron chi connectivity index (χ3n) is 4.73. The summed E-state index contributed by atoms with van der Waals surface area (Å²) in [4.78, 5) is 16.4. The van der Waals surface area contributed by atoms with Gasteiger partial charge in [-0.3, -0.25) is 9.79 Å². The summed E-state index contributed by atoms with van der Waals surface area (Å²) in [5, 5.41) is 0. The molecule has 0 aliphatic carbocycles. The van der Waals surface area contributed by atoms with Crippen LogP contribution in [0.15, 0.2) is 75.8 Å². The number of benzene rings is 1. The van der Waals surface area contributed by atoms with Crippen molar-refractivity contribution in [2.75, 3.05) is 6.54 Å². The molecule has 30 heavy (non-hydrogen) atoms. The van der Waals surface area contributed by atoms with E-state index in [1.807, 2.05) is 30.5 Å². The molecule has 3 heteroatoms. The normalized spacial score (nSPS) is 13.2. The molecule has 0 heterocycles. The van der Waals surface area contributed by atoms with Gasteiger partial charge in [-0.15, -0.1) is 0 Å². The topological polar surface area (TPSA) is 29.4 Å². The molecule has 162 valence electrons. The van der Waals surface area contributed by atoms with E-state index in [9.17, 15) is 4.79 Å². The molecule has 0 amide bonds. The van der Waals surface area contributed by atoms with E-state index in [0.717, 1.165) is 43.1 Å². The summed E-state index contributed by atoms with van der Waals surface area (Å²) in [6, 6.07) is 8.24. The van der Waals surface area contributed by atoms with Gasteiger partial charge in [0.25, 0.3) is 0 Å². The lowest BCUT2D eigenvalue weighted by atomic mass is 10.1.